The molecule has 1 aromatic carbocycles. The predicted molar refractivity (Wildman–Crippen MR) is 105 cm³/mol. The van der Waals surface area contributed by atoms with Crippen LogP contribution in [-0.2, 0) is 26.1 Å². The van der Waals surface area contributed by atoms with Gasteiger partial charge in [0.15, 0.2) is 5.69 Å². The summed E-state index contributed by atoms with van der Waals surface area (Å²) in [5.41, 5.74) is 5.06. The van der Waals surface area contributed by atoms with E-state index < -0.39 is 0 Å². The molecule has 3 heterocycles. The van der Waals surface area contributed by atoms with Crippen molar-refractivity contribution in [2.24, 2.45) is 5.92 Å². The predicted octanol–water partition coefficient (Wildman–Crippen LogP) is 2.22. The number of piperidine rings is 1. The van der Waals surface area contributed by atoms with Crippen LogP contribution in [0.15, 0.2) is 24.3 Å². The van der Waals surface area contributed by atoms with Gasteiger partial charge in [0.2, 0.25) is 0 Å². The summed E-state index contributed by atoms with van der Waals surface area (Å²) in [5, 5.41) is 13.6. The Morgan fingerprint density at radius 2 is 2.11 bits per heavy atom. The van der Waals surface area contributed by atoms with Crippen LogP contribution in [-0.4, -0.2) is 40.6 Å². The third kappa shape index (κ3) is 4.39. The zero-order valence-electron chi connectivity index (χ0n) is 16.1. The Kier molecular flexibility index (Phi) is 5.55. The Morgan fingerprint density at radius 1 is 1.30 bits per heavy atom. The van der Waals surface area contributed by atoms with Crippen LogP contribution < -0.4 is 10.6 Å². The molecule has 6 heteroatoms. The minimum absolute atomic E-state index is 0.105. The summed E-state index contributed by atoms with van der Waals surface area (Å²) in [7, 11) is 0. The first-order valence-electron chi connectivity index (χ1n) is 10.0. The number of nitrogens with one attached hydrogen (secondary N) is 3. The van der Waals surface area contributed by atoms with E-state index >= 15 is 0 Å². The Balaban J connectivity index is 1.34. The number of nitrogens with zero attached hydrogens (tertiary/aromatic N) is 2. The van der Waals surface area contributed by atoms with Crippen molar-refractivity contribution in [3.63, 3.8) is 0 Å². The van der Waals surface area contributed by atoms with E-state index in [1.54, 1.807) is 0 Å². The van der Waals surface area contributed by atoms with Gasteiger partial charge in [-0.05, 0) is 43.0 Å². The molecule has 0 unspecified atom stereocenters. The summed E-state index contributed by atoms with van der Waals surface area (Å²) in [6.07, 6.45) is 3.48. The number of hydrogen-bond acceptors (Lipinski definition) is 4. The van der Waals surface area contributed by atoms with Gasteiger partial charge in [-0.3, -0.25) is 14.8 Å². The minimum Gasteiger partial charge on any atom is -0.347 e. The quantitative estimate of drug-likeness (QED) is 0.758. The van der Waals surface area contributed by atoms with Gasteiger partial charge < -0.3 is 10.6 Å². The summed E-state index contributed by atoms with van der Waals surface area (Å²) in [4.78, 5) is 15.1. The van der Waals surface area contributed by atoms with Crippen molar-refractivity contribution in [1.82, 2.24) is 25.7 Å². The van der Waals surface area contributed by atoms with Crippen molar-refractivity contribution in [3.05, 3.63) is 52.3 Å². The van der Waals surface area contributed by atoms with Gasteiger partial charge in [-0.1, -0.05) is 31.2 Å². The van der Waals surface area contributed by atoms with Crippen molar-refractivity contribution in [2.75, 3.05) is 19.6 Å². The van der Waals surface area contributed by atoms with Crippen LogP contribution in [0.5, 0.6) is 0 Å². The van der Waals surface area contributed by atoms with E-state index in [0.717, 1.165) is 42.2 Å². The third-order valence-corrected chi connectivity index (χ3v) is 5.75. The first kappa shape index (κ1) is 18.2. The van der Waals surface area contributed by atoms with Gasteiger partial charge in [0.05, 0.1) is 0 Å². The number of carbonyl (C=O) groups is 1. The van der Waals surface area contributed by atoms with Gasteiger partial charge in [-0.2, -0.15) is 5.10 Å². The molecule has 0 saturated carbocycles. The molecule has 4 rings (SSSR count). The highest BCUT2D eigenvalue weighted by Crippen LogP contribution is 2.19. The van der Waals surface area contributed by atoms with Gasteiger partial charge >= 0.3 is 0 Å². The van der Waals surface area contributed by atoms with Crippen LogP contribution in [0.4, 0.5) is 0 Å². The summed E-state index contributed by atoms with van der Waals surface area (Å²) in [6.45, 7) is 7.86. The van der Waals surface area contributed by atoms with Gasteiger partial charge in [0.1, 0.15) is 0 Å². The summed E-state index contributed by atoms with van der Waals surface area (Å²) < 4.78 is 0. The van der Waals surface area contributed by atoms with Crippen molar-refractivity contribution in [1.29, 1.82) is 0 Å². The van der Waals surface area contributed by atoms with E-state index in [9.17, 15) is 4.79 Å². The molecule has 1 fully saturated rings. The lowest BCUT2D eigenvalue weighted by Gasteiger charge is -2.30. The van der Waals surface area contributed by atoms with Gasteiger partial charge in [0.25, 0.3) is 5.91 Å². The molecule has 0 aliphatic carbocycles. The normalized spacial score (nSPS) is 18.3. The zero-order chi connectivity index (χ0) is 18.6. The lowest BCUT2D eigenvalue weighted by Crippen LogP contribution is -2.32. The maximum atomic E-state index is 12.6. The maximum absolute atomic E-state index is 12.6. The smallest absolute Gasteiger partial charge is 0.272 e. The number of carbonyl (C=O) groups excluding carboxylic acids is 1. The summed E-state index contributed by atoms with van der Waals surface area (Å²) in [6, 6.07) is 8.55. The van der Waals surface area contributed by atoms with E-state index in [-0.39, 0.29) is 5.91 Å². The van der Waals surface area contributed by atoms with E-state index in [4.69, 9.17) is 0 Å². The van der Waals surface area contributed by atoms with Crippen LogP contribution in [0.1, 0.15) is 52.6 Å². The van der Waals surface area contributed by atoms with Gasteiger partial charge in [-0.25, -0.2) is 0 Å². The van der Waals surface area contributed by atoms with Crippen molar-refractivity contribution < 1.29 is 4.79 Å². The van der Waals surface area contributed by atoms with Crippen LogP contribution in [0.25, 0.3) is 0 Å². The number of aromatic nitrogens is 2. The molecule has 0 bridgehead atoms. The molecule has 1 saturated heterocycles. The fourth-order valence-electron chi connectivity index (χ4n) is 4.00. The Morgan fingerprint density at radius 3 is 2.96 bits per heavy atom. The SMILES string of the molecule is CC1CCN(Cc2cccc(CNC(=O)c3n[nH]c4c3CNCC4)c2)CC1. The van der Waals surface area contributed by atoms with E-state index in [1.165, 1.54) is 31.5 Å². The van der Waals surface area contributed by atoms with Crippen LogP contribution >= 0.6 is 0 Å². The topological polar surface area (TPSA) is 73.0 Å². The Bertz CT molecular complexity index is 792. The second kappa shape index (κ2) is 8.23. The summed E-state index contributed by atoms with van der Waals surface area (Å²) in [5.74, 6) is 0.748. The summed E-state index contributed by atoms with van der Waals surface area (Å²) >= 11 is 0. The Labute approximate surface area is 160 Å². The molecule has 0 atom stereocenters. The van der Waals surface area contributed by atoms with Crippen molar-refractivity contribution >= 4 is 5.91 Å². The maximum Gasteiger partial charge on any atom is 0.272 e. The second-order valence-corrected chi connectivity index (χ2v) is 7.92. The number of aromatic amines is 1. The van der Waals surface area contributed by atoms with E-state index in [1.807, 2.05) is 0 Å². The molecular weight excluding hydrogens is 338 g/mol. The number of benzene rings is 1. The molecular formula is C21H29N5O. The van der Waals surface area contributed by atoms with Crippen molar-refractivity contribution in [3.8, 4) is 0 Å². The standard InChI is InChI=1S/C21H29N5O/c1-15-6-9-26(10-7-15)14-17-4-2-3-16(11-17)12-23-21(27)20-18-13-22-8-5-19(18)24-25-20/h2-4,11,15,22H,5-10,12-14H2,1H3,(H,23,27)(H,24,25). The highest BCUT2D eigenvalue weighted by atomic mass is 16.1. The lowest BCUT2D eigenvalue weighted by atomic mass is 9.98. The molecule has 3 N–H and O–H groups in total. The molecule has 0 radical (unpaired) electrons. The number of H-pyrrole nitrogens is 1. The monoisotopic (exact) mass is 367 g/mol. The number of fused-ring (bicyclic) bond motifs is 1. The largest absolute Gasteiger partial charge is 0.347 e. The average molecular weight is 367 g/mol. The fourth-order valence-corrected chi connectivity index (χ4v) is 4.00. The van der Waals surface area contributed by atoms with Gasteiger partial charge in [0, 0.05) is 43.9 Å². The molecule has 6 nitrogen and oxygen atoms in total. The molecule has 1 aromatic heterocycles. The first-order chi connectivity index (χ1) is 13.2. The number of hydrogen-bond donors (Lipinski definition) is 3. The number of amides is 1. The molecule has 27 heavy (non-hydrogen) atoms. The average Bonchev–Trinajstić information content (AvgIpc) is 3.13. The highest BCUT2D eigenvalue weighted by molar-refractivity contribution is 5.94. The van der Waals surface area contributed by atoms with E-state index in [2.05, 4.69) is 56.9 Å². The molecule has 2 aliphatic heterocycles. The minimum atomic E-state index is -0.105. The molecule has 144 valence electrons. The molecule has 2 aromatic rings. The fraction of sp³-hybridized carbons (Fsp3) is 0.524. The zero-order valence-corrected chi connectivity index (χ0v) is 16.1. The van der Waals surface area contributed by atoms with Crippen LogP contribution in [0, 0.1) is 5.92 Å². The molecule has 0 spiro atoms. The van der Waals surface area contributed by atoms with Crippen LogP contribution in [0.3, 0.4) is 0 Å². The number of likely N-dealkylation sites (tertiary alicyclic amines) is 1. The number of rotatable bonds is 5. The molecule has 2 aliphatic rings. The third-order valence-electron chi connectivity index (χ3n) is 5.75. The van der Waals surface area contributed by atoms with Crippen LogP contribution in [0.2, 0.25) is 0 Å². The lowest BCUT2D eigenvalue weighted by molar-refractivity contribution is 0.0944. The Hall–Kier alpha value is -2.18. The highest BCUT2D eigenvalue weighted by Gasteiger charge is 2.21. The van der Waals surface area contributed by atoms with Crippen molar-refractivity contribution in [2.45, 2.75) is 45.8 Å². The first-order valence-corrected chi connectivity index (χ1v) is 10.0. The second-order valence-electron chi connectivity index (χ2n) is 7.92. The van der Waals surface area contributed by atoms with E-state index in [0.29, 0.717) is 18.8 Å². The van der Waals surface area contributed by atoms with Gasteiger partial charge in [-0.15, -0.1) is 0 Å². The molecule has 1 amide bonds.